The number of amides is 2. The average Bonchev–Trinajstić information content (AvgIpc) is 3.33. The van der Waals surface area contributed by atoms with E-state index in [-0.39, 0.29) is 29.3 Å². The van der Waals surface area contributed by atoms with E-state index in [0.29, 0.717) is 32.4 Å². The molecule has 1 aliphatic rings. The Kier molecular flexibility index (Phi) is 5.58. The lowest BCUT2D eigenvalue weighted by molar-refractivity contribution is 0.0952. The lowest BCUT2D eigenvalue weighted by Crippen LogP contribution is -2.26. The summed E-state index contributed by atoms with van der Waals surface area (Å²) in [5.41, 5.74) is 1.04. The molecule has 0 aliphatic heterocycles. The number of halogens is 3. The molecule has 2 amide bonds. The van der Waals surface area contributed by atoms with Crippen LogP contribution in [0.3, 0.4) is 0 Å². The molecule has 3 aromatic rings. The third-order valence-electron chi connectivity index (χ3n) is 4.96. The van der Waals surface area contributed by atoms with Crippen LogP contribution >= 0.6 is 22.9 Å². The minimum Gasteiger partial charge on any atom is -0.348 e. The standard InChI is InChI=1S/C22H17ClF2N2O2S/c1-11-9-18(27-21(28)12-5-2-3-6-14(12)23)30-20(11)22(29)26-17-10-13(17)19-15(24)7-4-8-16(19)25/h2-9,13,17H,10H2,1H3,(H,26,29)(H,27,28). The molecule has 0 bridgehead atoms. The summed E-state index contributed by atoms with van der Waals surface area (Å²) in [4.78, 5) is 25.5. The lowest BCUT2D eigenvalue weighted by Gasteiger charge is -2.06. The fourth-order valence-electron chi connectivity index (χ4n) is 3.37. The highest BCUT2D eigenvalue weighted by molar-refractivity contribution is 7.18. The topological polar surface area (TPSA) is 58.2 Å². The van der Waals surface area contributed by atoms with Gasteiger partial charge in [-0.2, -0.15) is 0 Å². The first-order valence-corrected chi connectivity index (χ1v) is 10.5. The number of benzene rings is 2. The molecule has 2 N–H and O–H groups in total. The summed E-state index contributed by atoms with van der Waals surface area (Å²) in [5, 5.41) is 6.42. The van der Waals surface area contributed by atoms with Crippen LogP contribution in [0.25, 0.3) is 0 Å². The largest absolute Gasteiger partial charge is 0.348 e. The van der Waals surface area contributed by atoms with Crippen molar-refractivity contribution in [2.45, 2.75) is 25.3 Å². The van der Waals surface area contributed by atoms with Crippen molar-refractivity contribution < 1.29 is 18.4 Å². The van der Waals surface area contributed by atoms with E-state index in [4.69, 9.17) is 11.6 Å². The molecule has 2 unspecified atom stereocenters. The first-order chi connectivity index (χ1) is 14.3. The number of hydrogen-bond acceptors (Lipinski definition) is 3. The summed E-state index contributed by atoms with van der Waals surface area (Å²) >= 11 is 7.18. The monoisotopic (exact) mass is 446 g/mol. The number of rotatable bonds is 5. The van der Waals surface area contributed by atoms with Crippen LogP contribution in [0.2, 0.25) is 5.02 Å². The van der Waals surface area contributed by atoms with Gasteiger partial charge in [-0.15, -0.1) is 11.3 Å². The highest BCUT2D eigenvalue weighted by atomic mass is 35.5. The van der Waals surface area contributed by atoms with Gasteiger partial charge in [-0.05, 0) is 49.2 Å². The quantitative estimate of drug-likeness (QED) is 0.541. The van der Waals surface area contributed by atoms with E-state index in [0.717, 1.165) is 11.3 Å². The van der Waals surface area contributed by atoms with E-state index < -0.39 is 11.6 Å². The normalized spacial score (nSPS) is 17.5. The van der Waals surface area contributed by atoms with Gasteiger partial charge in [0.15, 0.2) is 0 Å². The Morgan fingerprint density at radius 3 is 2.47 bits per heavy atom. The van der Waals surface area contributed by atoms with Gasteiger partial charge in [-0.25, -0.2) is 8.78 Å². The Labute approximate surface area is 180 Å². The van der Waals surface area contributed by atoms with Gasteiger partial charge in [0.05, 0.1) is 20.5 Å². The molecule has 1 saturated carbocycles. The molecule has 8 heteroatoms. The summed E-state index contributed by atoms with van der Waals surface area (Å²) in [6.07, 6.45) is 0.476. The van der Waals surface area contributed by atoms with Crippen LogP contribution in [0.15, 0.2) is 48.5 Å². The summed E-state index contributed by atoms with van der Waals surface area (Å²) < 4.78 is 27.9. The Morgan fingerprint density at radius 2 is 1.77 bits per heavy atom. The Hall–Kier alpha value is -2.77. The Morgan fingerprint density at radius 1 is 1.07 bits per heavy atom. The number of thiophene rings is 1. The van der Waals surface area contributed by atoms with Crippen LogP contribution in [0.5, 0.6) is 0 Å². The number of hydrogen-bond donors (Lipinski definition) is 2. The second kappa shape index (κ2) is 8.16. The highest BCUT2D eigenvalue weighted by Gasteiger charge is 2.43. The Balaban J connectivity index is 1.43. The molecule has 2 aromatic carbocycles. The van der Waals surface area contributed by atoms with Gasteiger partial charge < -0.3 is 10.6 Å². The van der Waals surface area contributed by atoms with Gasteiger partial charge in [0, 0.05) is 17.5 Å². The molecule has 1 aliphatic carbocycles. The van der Waals surface area contributed by atoms with Gasteiger partial charge in [0.25, 0.3) is 11.8 Å². The van der Waals surface area contributed by atoms with E-state index in [1.807, 2.05) is 0 Å². The van der Waals surface area contributed by atoms with Crippen molar-refractivity contribution >= 4 is 39.8 Å². The molecule has 1 aromatic heterocycles. The molecule has 154 valence electrons. The number of nitrogens with one attached hydrogen (secondary N) is 2. The molecule has 0 spiro atoms. The number of anilines is 1. The first-order valence-electron chi connectivity index (χ1n) is 9.26. The molecular weight excluding hydrogens is 430 g/mol. The van der Waals surface area contributed by atoms with Crippen LogP contribution in [0, 0.1) is 18.6 Å². The van der Waals surface area contributed by atoms with E-state index in [9.17, 15) is 18.4 Å². The van der Waals surface area contributed by atoms with Crippen molar-refractivity contribution in [2.75, 3.05) is 5.32 Å². The minimum absolute atomic E-state index is 0.0124. The van der Waals surface area contributed by atoms with Crippen molar-refractivity contribution in [1.29, 1.82) is 0 Å². The van der Waals surface area contributed by atoms with Crippen molar-refractivity contribution in [3.05, 3.63) is 86.8 Å². The summed E-state index contributed by atoms with van der Waals surface area (Å²) in [6, 6.07) is 11.8. The highest BCUT2D eigenvalue weighted by Crippen LogP contribution is 2.43. The molecule has 0 saturated heterocycles. The summed E-state index contributed by atoms with van der Waals surface area (Å²) in [7, 11) is 0. The number of aryl methyl sites for hydroxylation is 1. The fourth-order valence-corrected chi connectivity index (χ4v) is 4.56. The van der Waals surface area contributed by atoms with Gasteiger partial charge >= 0.3 is 0 Å². The van der Waals surface area contributed by atoms with Crippen LogP contribution in [0.4, 0.5) is 13.8 Å². The summed E-state index contributed by atoms with van der Waals surface area (Å²) in [6.45, 7) is 1.76. The van der Waals surface area contributed by atoms with Gasteiger partial charge in [-0.1, -0.05) is 29.8 Å². The van der Waals surface area contributed by atoms with Gasteiger partial charge in [-0.3, -0.25) is 9.59 Å². The minimum atomic E-state index is -0.603. The van der Waals surface area contributed by atoms with E-state index in [1.54, 1.807) is 37.3 Å². The first kappa shape index (κ1) is 20.5. The van der Waals surface area contributed by atoms with Crippen LogP contribution in [0.1, 0.15) is 43.5 Å². The van der Waals surface area contributed by atoms with Gasteiger partial charge in [0.2, 0.25) is 0 Å². The van der Waals surface area contributed by atoms with E-state index in [1.165, 1.54) is 18.2 Å². The maximum Gasteiger partial charge on any atom is 0.261 e. The van der Waals surface area contributed by atoms with Crippen molar-refractivity contribution in [1.82, 2.24) is 5.32 Å². The van der Waals surface area contributed by atoms with Crippen molar-refractivity contribution in [2.24, 2.45) is 0 Å². The zero-order chi connectivity index (χ0) is 21.4. The van der Waals surface area contributed by atoms with E-state index in [2.05, 4.69) is 10.6 Å². The van der Waals surface area contributed by atoms with Gasteiger partial charge in [0.1, 0.15) is 11.6 Å². The zero-order valence-electron chi connectivity index (χ0n) is 15.8. The lowest BCUT2D eigenvalue weighted by atomic mass is 10.1. The molecule has 1 fully saturated rings. The molecule has 4 rings (SSSR count). The van der Waals surface area contributed by atoms with Crippen LogP contribution in [-0.4, -0.2) is 17.9 Å². The zero-order valence-corrected chi connectivity index (χ0v) is 17.4. The van der Waals surface area contributed by atoms with Crippen LogP contribution in [-0.2, 0) is 0 Å². The second-order valence-electron chi connectivity index (χ2n) is 7.11. The maximum absolute atomic E-state index is 13.9. The second-order valence-corrected chi connectivity index (χ2v) is 8.57. The number of carbonyl (C=O) groups excluding carboxylic acids is 2. The third-order valence-corrected chi connectivity index (χ3v) is 6.44. The molecular formula is C22H17ClF2N2O2S. The molecule has 1 heterocycles. The smallest absolute Gasteiger partial charge is 0.261 e. The predicted molar refractivity (Wildman–Crippen MR) is 113 cm³/mol. The third kappa shape index (κ3) is 4.08. The SMILES string of the molecule is Cc1cc(NC(=O)c2ccccc2Cl)sc1C(=O)NC1CC1c1c(F)cccc1F. The molecule has 0 radical (unpaired) electrons. The molecule has 4 nitrogen and oxygen atoms in total. The Bertz CT molecular complexity index is 1130. The number of carbonyl (C=O) groups is 2. The van der Waals surface area contributed by atoms with Crippen LogP contribution < -0.4 is 10.6 Å². The van der Waals surface area contributed by atoms with Crippen molar-refractivity contribution in [3.8, 4) is 0 Å². The fraction of sp³-hybridized carbons (Fsp3) is 0.182. The van der Waals surface area contributed by atoms with Crippen molar-refractivity contribution in [3.63, 3.8) is 0 Å². The average molecular weight is 447 g/mol. The predicted octanol–water partition coefficient (Wildman–Crippen LogP) is 5.53. The molecule has 30 heavy (non-hydrogen) atoms. The molecule has 2 atom stereocenters. The maximum atomic E-state index is 13.9. The van der Waals surface area contributed by atoms with E-state index >= 15 is 0 Å². The summed E-state index contributed by atoms with van der Waals surface area (Å²) in [5.74, 6) is -2.29.